The van der Waals surface area contributed by atoms with Gasteiger partial charge in [-0.15, -0.1) is 0 Å². The number of aliphatic carboxylic acids is 1. The summed E-state index contributed by atoms with van der Waals surface area (Å²) in [5, 5.41) is 17.9. The van der Waals surface area contributed by atoms with Crippen LogP contribution in [-0.4, -0.2) is 28.8 Å². The Kier molecular flexibility index (Phi) is 5.66. The number of aliphatic hydroxyl groups is 1. The average Bonchev–Trinajstić information content (AvgIpc) is 2.00. The first-order valence-electron chi connectivity index (χ1n) is 4.22. The average molecular weight is 175 g/mol. The fourth-order valence-corrected chi connectivity index (χ4v) is 1.08. The lowest BCUT2D eigenvalue weighted by molar-refractivity contribution is -0.142. The highest BCUT2D eigenvalue weighted by atomic mass is 16.4. The molecule has 0 fully saturated rings. The van der Waals surface area contributed by atoms with Crippen LogP contribution in [0.1, 0.15) is 26.2 Å². The van der Waals surface area contributed by atoms with Gasteiger partial charge in [0.05, 0.1) is 12.0 Å². The first-order chi connectivity index (χ1) is 5.61. The largest absolute Gasteiger partial charge is 0.481 e. The Bertz CT molecular complexity index is 138. The third-order valence-corrected chi connectivity index (χ3v) is 1.81. The van der Waals surface area contributed by atoms with Gasteiger partial charge >= 0.3 is 5.97 Å². The van der Waals surface area contributed by atoms with E-state index in [2.05, 4.69) is 0 Å². The van der Waals surface area contributed by atoms with Crippen molar-refractivity contribution in [3.8, 4) is 0 Å². The molecule has 0 aromatic rings. The maximum Gasteiger partial charge on any atom is 0.307 e. The van der Waals surface area contributed by atoms with Crippen LogP contribution in [0, 0.1) is 5.92 Å². The Labute approximate surface area is 72.4 Å². The number of hydrogen-bond acceptors (Lipinski definition) is 3. The summed E-state index contributed by atoms with van der Waals surface area (Å²) in [6.07, 6.45) is 1.24. The second-order valence-electron chi connectivity index (χ2n) is 2.95. The summed E-state index contributed by atoms with van der Waals surface area (Å²) in [5.41, 5.74) is 5.23. The zero-order valence-electron chi connectivity index (χ0n) is 7.36. The Morgan fingerprint density at radius 3 is 2.50 bits per heavy atom. The molecule has 0 saturated heterocycles. The molecule has 0 spiro atoms. The topological polar surface area (TPSA) is 83.5 Å². The molecule has 2 atom stereocenters. The van der Waals surface area contributed by atoms with E-state index in [1.807, 2.05) is 6.92 Å². The molecule has 0 aliphatic carbocycles. The second kappa shape index (κ2) is 5.97. The molecule has 0 radical (unpaired) electrons. The standard InChI is InChI=1S/C8H17NO3/c1-2-3-7(10)4-6(5-9)8(11)12/h6-7,10H,2-5,9H2,1H3,(H,11,12). The molecule has 0 heterocycles. The highest BCUT2D eigenvalue weighted by molar-refractivity contribution is 5.70. The molecule has 0 aromatic heterocycles. The summed E-state index contributed by atoms with van der Waals surface area (Å²) in [6, 6.07) is 0. The number of carboxylic acids is 1. The number of nitrogens with two attached hydrogens (primary N) is 1. The Hall–Kier alpha value is -0.610. The second-order valence-corrected chi connectivity index (χ2v) is 2.95. The minimum absolute atomic E-state index is 0.0934. The zero-order chi connectivity index (χ0) is 9.56. The smallest absolute Gasteiger partial charge is 0.307 e. The van der Waals surface area contributed by atoms with E-state index in [-0.39, 0.29) is 13.0 Å². The molecule has 72 valence electrons. The zero-order valence-corrected chi connectivity index (χ0v) is 7.36. The molecule has 0 aromatic carbocycles. The molecule has 0 aliphatic rings. The monoisotopic (exact) mass is 175 g/mol. The maximum atomic E-state index is 10.5. The van der Waals surface area contributed by atoms with E-state index >= 15 is 0 Å². The lowest BCUT2D eigenvalue weighted by atomic mass is 9.99. The van der Waals surface area contributed by atoms with Crippen molar-refractivity contribution in [2.75, 3.05) is 6.54 Å². The molecule has 0 rings (SSSR count). The highest BCUT2D eigenvalue weighted by Crippen LogP contribution is 2.09. The van der Waals surface area contributed by atoms with Crippen LogP contribution in [0.25, 0.3) is 0 Å². The molecule has 12 heavy (non-hydrogen) atoms. The van der Waals surface area contributed by atoms with Gasteiger partial charge in [0.15, 0.2) is 0 Å². The molecule has 4 nitrogen and oxygen atoms in total. The summed E-state index contributed by atoms with van der Waals surface area (Å²) in [5.74, 6) is -1.53. The first-order valence-corrected chi connectivity index (χ1v) is 4.22. The van der Waals surface area contributed by atoms with Crippen LogP contribution in [0.4, 0.5) is 0 Å². The van der Waals surface area contributed by atoms with Crippen molar-refractivity contribution in [2.24, 2.45) is 11.7 Å². The van der Waals surface area contributed by atoms with Crippen molar-refractivity contribution >= 4 is 5.97 Å². The van der Waals surface area contributed by atoms with Crippen molar-refractivity contribution in [3.05, 3.63) is 0 Å². The van der Waals surface area contributed by atoms with Gasteiger partial charge in [0.25, 0.3) is 0 Å². The fraction of sp³-hybridized carbons (Fsp3) is 0.875. The molecule has 4 N–H and O–H groups in total. The van der Waals surface area contributed by atoms with Gasteiger partial charge in [-0.2, -0.15) is 0 Å². The van der Waals surface area contributed by atoms with Crippen LogP contribution >= 0.6 is 0 Å². The van der Waals surface area contributed by atoms with E-state index in [4.69, 9.17) is 10.8 Å². The van der Waals surface area contributed by atoms with Gasteiger partial charge < -0.3 is 15.9 Å². The Morgan fingerprint density at radius 1 is 1.58 bits per heavy atom. The number of rotatable bonds is 6. The SMILES string of the molecule is CCCC(O)CC(CN)C(=O)O. The predicted molar refractivity (Wildman–Crippen MR) is 45.7 cm³/mol. The van der Waals surface area contributed by atoms with Crippen LogP contribution < -0.4 is 5.73 Å². The number of hydrogen-bond donors (Lipinski definition) is 3. The minimum atomic E-state index is -0.923. The quantitative estimate of drug-likeness (QED) is 0.538. The molecular formula is C8H17NO3. The first kappa shape index (κ1) is 11.4. The van der Waals surface area contributed by atoms with Gasteiger partial charge in [-0.05, 0) is 12.8 Å². The molecule has 2 unspecified atom stereocenters. The molecular weight excluding hydrogens is 158 g/mol. The predicted octanol–water partition coefficient (Wildman–Crippen LogP) is 0.197. The third kappa shape index (κ3) is 4.31. The van der Waals surface area contributed by atoms with E-state index < -0.39 is 18.0 Å². The van der Waals surface area contributed by atoms with Gasteiger partial charge in [0.2, 0.25) is 0 Å². The fourth-order valence-electron chi connectivity index (χ4n) is 1.08. The molecule has 0 bridgehead atoms. The Morgan fingerprint density at radius 2 is 2.17 bits per heavy atom. The van der Waals surface area contributed by atoms with Crippen molar-refractivity contribution < 1.29 is 15.0 Å². The van der Waals surface area contributed by atoms with Crippen LogP contribution in [-0.2, 0) is 4.79 Å². The molecule has 0 aliphatic heterocycles. The third-order valence-electron chi connectivity index (χ3n) is 1.81. The van der Waals surface area contributed by atoms with Crippen LogP contribution in [0.3, 0.4) is 0 Å². The summed E-state index contributed by atoms with van der Waals surface area (Å²) >= 11 is 0. The summed E-state index contributed by atoms with van der Waals surface area (Å²) in [4.78, 5) is 10.5. The van der Waals surface area contributed by atoms with Gasteiger partial charge in [-0.1, -0.05) is 13.3 Å². The van der Waals surface area contributed by atoms with Gasteiger partial charge in [0.1, 0.15) is 0 Å². The van der Waals surface area contributed by atoms with E-state index in [1.54, 1.807) is 0 Å². The van der Waals surface area contributed by atoms with Gasteiger partial charge in [-0.25, -0.2) is 0 Å². The summed E-state index contributed by atoms with van der Waals surface area (Å²) in [6.45, 7) is 2.04. The van der Waals surface area contributed by atoms with Crippen molar-refractivity contribution in [1.29, 1.82) is 0 Å². The highest BCUT2D eigenvalue weighted by Gasteiger charge is 2.18. The van der Waals surface area contributed by atoms with E-state index in [0.717, 1.165) is 6.42 Å². The van der Waals surface area contributed by atoms with Crippen molar-refractivity contribution in [1.82, 2.24) is 0 Å². The maximum absolute atomic E-state index is 10.5. The minimum Gasteiger partial charge on any atom is -0.481 e. The van der Waals surface area contributed by atoms with E-state index in [1.165, 1.54) is 0 Å². The Balaban J connectivity index is 3.77. The normalized spacial score (nSPS) is 15.6. The van der Waals surface area contributed by atoms with E-state index in [0.29, 0.717) is 6.42 Å². The lowest BCUT2D eigenvalue weighted by Crippen LogP contribution is -2.27. The summed E-state index contributed by atoms with van der Waals surface area (Å²) in [7, 11) is 0. The van der Waals surface area contributed by atoms with Crippen LogP contribution in [0.15, 0.2) is 0 Å². The van der Waals surface area contributed by atoms with Gasteiger partial charge in [-0.3, -0.25) is 4.79 Å². The molecule has 4 heteroatoms. The van der Waals surface area contributed by atoms with Crippen LogP contribution in [0.5, 0.6) is 0 Å². The number of aliphatic hydroxyl groups excluding tert-OH is 1. The van der Waals surface area contributed by atoms with Crippen molar-refractivity contribution in [3.63, 3.8) is 0 Å². The van der Waals surface area contributed by atoms with Gasteiger partial charge in [0, 0.05) is 6.54 Å². The lowest BCUT2D eigenvalue weighted by Gasteiger charge is -2.13. The van der Waals surface area contributed by atoms with Crippen LogP contribution in [0.2, 0.25) is 0 Å². The molecule has 0 saturated carbocycles. The van der Waals surface area contributed by atoms with Crippen molar-refractivity contribution in [2.45, 2.75) is 32.3 Å². The molecule has 0 amide bonds. The number of carbonyl (C=O) groups is 1. The van der Waals surface area contributed by atoms with E-state index in [9.17, 15) is 9.90 Å². The summed E-state index contributed by atoms with van der Waals surface area (Å²) < 4.78 is 0. The number of carboxylic acid groups (broad SMARTS) is 1.